The molecule has 3 aromatic heterocycles. The Kier molecular flexibility index (Phi) is 9.36. The van der Waals surface area contributed by atoms with E-state index in [0.29, 0.717) is 17.5 Å². The van der Waals surface area contributed by atoms with Crippen LogP contribution in [-0.2, 0) is 0 Å². The second kappa shape index (κ2) is 16.3. The Labute approximate surface area is 408 Å². The van der Waals surface area contributed by atoms with E-state index in [1.165, 1.54) is 52.5 Å². The first-order valence-corrected chi connectivity index (χ1v) is 24.5. The Bertz CT molecular complexity index is 4130. The molecule has 4 nitrogen and oxygen atoms in total. The molecular weight excluding hydrogens is 869 g/mol. The van der Waals surface area contributed by atoms with Crippen LogP contribution in [0.25, 0.3) is 137 Å². The maximum Gasteiger partial charge on any atom is 0.164 e. The number of rotatable bonds is 7. The molecule has 0 saturated heterocycles. The normalized spacial score (nSPS) is 11.7. The van der Waals surface area contributed by atoms with E-state index in [1.807, 2.05) is 23.5 Å². The molecule has 326 valence electrons. The Hall–Kier alpha value is -9.03. The standard InChI is InChI=1S/C65H40N4S/c1-3-13-41(14-4-1)43-23-27-45(28-24-43)63-66-64(46-29-25-44(26-30-46)42-15-5-2-6-16-42)68-65(67-63)52-32-34-58(55(37-52)51-31-33-54-53-21-11-12-22-61(53)70-62(54)40-51)69-59-38-49-19-9-7-17-47(49)35-56(59)57-36-48-18-8-10-20-50(48)39-60(57)69/h1-40H. The Morgan fingerprint density at radius 3 is 1.24 bits per heavy atom. The van der Waals surface area contributed by atoms with Gasteiger partial charge >= 0.3 is 0 Å². The molecule has 0 radical (unpaired) electrons. The minimum Gasteiger partial charge on any atom is -0.309 e. The van der Waals surface area contributed by atoms with Crippen molar-refractivity contribution in [1.29, 1.82) is 0 Å². The van der Waals surface area contributed by atoms with Gasteiger partial charge in [0.25, 0.3) is 0 Å². The molecule has 3 heterocycles. The Morgan fingerprint density at radius 1 is 0.271 bits per heavy atom. The molecule has 0 fully saturated rings. The van der Waals surface area contributed by atoms with Crippen LogP contribution in [0.15, 0.2) is 243 Å². The largest absolute Gasteiger partial charge is 0.309 e. The van der Waals surface area contributed by atoms with Gasteiger partial charge in [-0.2, -0.15) is 0 Å². The van der Waals surface area contributed by atoms with Crippen molar-refractivity contribution in [1.82, 2.24) is 19.5 Å². The highest BCUT2D eigenvalue weighted by atomic mass is 32.1. The summed E-state index contributed by atoms with van der Waals surface area (Å²) in [5, 5.41) is 9.83. The molecule has 70 heavy (non-hydrogen) atoms. The Balaban J connectivity index is 1.00. The van der Waals surface area contributed by atoms with Gasteiger partial charge in [-0.1, -0.05) is 188 Å². The minimum absolute atomic E-state index is 0.606. The molecular formula is C65H40N4S. The summed E-state index contributed by atoms with van der Waals surface area (Å²) in [6.07, 6.45) is 0. The van der Waals surface area contributed by atoms with Crippen molar-refractivity contribution in [3.63, 3.8) is 0 Å². The van der Waals surface area contributed by atoms with E-state index in [9.17, 15) is 0 Å². The fourth-order valence-electron chi connectivity index (χ4n) is 10.3. The van der Waals surface area contributed by atoms with Gasteiger partial charge in [0.05, 0.1) is 16.7 Å². The second-order valence-corrected chi connectivity index (χ2v) is 19.1. The summed E-state index contributed by atoms with van der Waals surface area (Å²) < 4.78 is 5.01. The predicted molar refractivity (Wildman–Crippen MR) is 295 cm³/mol. The fourth-order valence-corrected chi connectivity index (χ4v) is 11.4. The van der Waals surface area contributed by atoms with Crippen molar-refractivity contribution in [3.8, 4) is 73.2 Å². The van der Waals surface area contributed by atoms with Gasteiger partial charge in [-0.25, -0.2) is 15.0 Å². The zero-order chi connectivity index (χ0) is 46.1. The quantitative estimate of drug-likeness (QED) is 0.160. The first kappa shape index (κ1) is 40.1. The van der Waals surface area contributed by atoms with Gasteiger partial charge in [0.15, 0.2) is 17.5 Å². The molecule has 14 aromatic rings. The molecule has 0 aliphatic heterocycles. The molecule has 0 unspecified atom stereocenters. The number of thiophene rings is 1. The van der Waals surface area contributed by atoms with Crippen LogP contribution in [0.2, 0.25) is 0 Å². The summed E-state index contributed by atoms with van der Waals surface area (Å²) >= 11 is 1.84. The number of aromatic nitrogens is 4. The number of hydrogen-bond acceptors (Lipinski definition) is 4. The molecule has 0 saturated carbocycles. The number of hydrogen-bond donors (Lipinski definition) is 0. The van der Waals surface area contributed by atoms with E-state index < -0.39 is 0 Å². The van der Waals surface area contributed by atoms with Gasteiger partial charge < -0.3 is 4.57 Å². The molecule has 5 heteroatoms. The van der Waals surface area contributed by atoms with Gasteiger partial charge in [0.2, 0.25) is 0 Å². The monoisotopic (exact) mass is 908 g/mol. The zero-order valence-corrected chi connectivity index (χ0v) is 38.6. The highest BCUT2D eigenvalue weighted by Crippen LogP contribution is 2.43. The van der Waals surface area contributed by atoms with Crippen molar-refractivity contribution < 1.29 is 0 Å². The summed E-state index contributed by atoms with van der Waals surface area (Å²) in [4.78, 5) is 15.8. The van der Waals surface area contributed by atoms with E-state index in [4.69, 9.17) is 15.0 Å². The van der Waals surface area contributed by atoms with Gasteiger partial charge in [-0.3, -0.25) is 0 Å². The minimum atomic E-state index is 0.606. The highest BCUT2D eigenvalue weighted by molar-refractivity contribution is 7.25. The van der Waals surface area contributed by atoms with E-state index in [0.717, 1.165) is 66.8 Å². The van der Waals surface area contributed by atoms with Gasteiger partial charge in [0.1, 0.15) is 0 Å². The maximum atomic E-state index is 5.31. The van der Waals surface area contributed by atoms with Crippen LogP contribution in [0.3, 0.4) is 0 Å². The van der Waals surface area contributed by atoms with Gasteiger partial charge in [-0.05, 0) is 104 Å². The highest BCUT2D eigenvalue weighted by Gasteiger charge is 2.21. The summed E-state index contributed by atoms with van der Waals surface area (Å²) in [7, 11) is 0. The first-order chi connectivity index (χ1) is 34.6. The van der Waals surface area contributed by atoms with Crippen LogP contribution >= 0.6 is 11.3 Å². The van der Waals surface area contributed by atoms with Crippen molar-refractivity contribution in [2.24, 2.45) is 0 Å². The van der Waals surface area contributed by atoms with Crippen LogP contribution < -0.4 is 0 Å². The van der Waals surface area contributed by atoms with E-state index in [2.05, 4.69) is 235 Å². The molecule has 0 N–H and O–H groups in total. The molecule has 0 amide bonds. The summed E-state index contributed by atoms with van der Waals surface area (Å²) in [6, 6.07) is 87.2. The molecule has 0 aliphatic rings. The smallest absolute Gasteiger partial charge is 0.164 e. The van der Waals surface area contributed by atoms with Crippen molar-refractivity contribution in [2.45, 2.75) is 0 Å². The third kappa shape index (κ3) is 6.86. The third-order valence-corrected chi connectivity index (χ3v) is 15.0. The number of nitrogens with zero attached hydrogens (tertiary/aromatic N) is 4. The van der Waals surface area contributed by atoms with Crippen molar-refractivity contribution in [3.05, 3.63) is 243 Å². The third-order valence-electron chi connectivity index (χ3n) is 13.8. The number of benzene rings is 11. The lowest BCUT2D eigenvalue weighted by Gasteiger charge is -2.17. The van der Waals surface area contributed by atoms with Crippen LogP contribution in [0.5, 0.6) is 0 Å². The van der Waals surface area contributed by atoms with Crippen molar-refractivity contribution in [2.75, 3.05) is 0 Å². The lowest BCUT2D eigenvalue weighted by Crippen LogP contribution is -2.02. The summed E-state index contributed by atoms with van der Waals surface area (Å²) in [6.45, 7) is 0. The van der Waals surface area contributed by atoms with Crippen LogP contribution in [-0.4, -0.2) is 19.5 Å². The van der Waals surface area contributed by atoms with E-state index in [-0.39, 0.29) is 0 Å². The maximum absolute atomic E-state index is 5.31. The number of fused-ring (bicyclic) bond motifs is 8. The average molecular weight is 909 g/mol. The summed E-state index contributed by atoms with van der Waals surface area (Å²) in [5.41, 5.74) is 12.9. The molecule has 0 aliphatic carbocycles. The molecule has 11 aromatic carbocycles. The van der Waals surface area contributed by atoms with E-state index in [1.54, 1.807) is 0 Å². The molecule has 0 spiro atoms. The second-order valence-electron chi connectivity index (χ2n) is 18.0. The fraction of sp³-hybridized carbons (Fsp3) is 0. The van der Waals surface area contributed by atoms with Gasteiger partial charge in [0, 0.05) is 53.2 Å². The van der Waals surface area contributed by atoms with Crippen LogP contribution in [0.4, 0.5) is 0 Å². The van der Waals surface area contributed by atoms with Gasteiger partial charge in [-0.15, -0.1) is 11.3 Å². The van der Waals surface area contributed by atoms with E-state index >= 15 is 0 Å². The topological polar surface area (TPSA) is 43.6 Å². The predicted octanol–water partition coefficient (Wildman–Crippen LogP) is 17.6. The molecule has 0 atom stereocenters. The van der Waals surface area contributed by atoms with Crippen LogP contribution in [0.1, 0.15) is 0 Å². The van der Waals surface area contributed by atoms with Crippen molar-refractivity contribution >= 4 is 74.9 Å². The molecule has 14 rings (SSSR count). The average Bonchev–Trinajstić information content (AvgIpc) is 3.96. The van der Waals surface area contributed by atoms with Crippen LogP contribution in [0, 0.1) is 0 Å². The zero-order valence-electron chi connectivity index (χ0n) is 37.8. The Morgan fingerprint density at radius 2 is 0.686 bits per heavy atom. The lowest BCUT2D eigenvalue weighted by molar-refractivity contribution is 1.07. The molecule has 0 bridgehead atoms. The lowest BCUT2D eigenvalue weighted by atomic mass is 9.98. The summed E-state index contributed by atoms with van der Waals surface area (Å²) in [5.74, 6) is 1.84. The SMILES string of the molecule is c1ccc(-c2ccc(-c3nc(-c4ccc(-c5ccccc5)cc4)nc(-c4ccc(-n5c6cc7ccccc7cc6c6cc7ccccc7cc65)c(-c5ccc6c(c5)sc5ccccc56)c4)n3)cc2)cc1. The first-order valence-electron chi connectivity index (χ1n) is 23.7.